The van der Waals surface area contributed by atoms with Crippen molar-refractivity contribution in [3.8, 4) is 0 Å². The van der Waals surface area contributed by atoms with Crippen molar-refractivity contribution < 1.29 is 23.8 Å². The zero-order valence-electron chi connectivity index (χ0n) is 10.9. The molecular formula is C14H13ClFNO4. The van der Waals surface area contributed by atoms with Gasteiger partial charge in [-0.15, -0.1) is 0 Å². The van der Waals surface area contributed by atoms with Gasteiger partial charge in [0.15, 0.2) is 0 Å². The summed E-state index contributed by atoms with van der Waals surface area (Å²) in [5.74, 6) is -2.74. The molecule has 1 aromatic carbocycles. The molecule has 2 atom stereocenters. The van der Waals surface area contributed by atoms with Gasteiger partial charge in [0.2, 0.25) is 5.91 Å². The largest absolute Gasteiger partial charge is 0.481 e. The summed E-state index contributed by atoms with van der Waals surface area (Å²) < 4.78 is 18.0. The van der Waals surface area contributed by atoms with Gasteiger partial charge in [-0.2, -0.15) is 0 Å². The Bertz CT molecular complexity index is 590. The van der Waals surface area contributed by atoms with Crippen LogP contribution in [0.3, 0.4) is 0 Å². The van der Waals surface area contributed by atoms with Crippen molar-refractivity contribution in [1.82, 2.24) is 5.32 Å². The number of hydrogen-bond donors (Lipinski definition) is 2. The minimum atomic E-state index is -1.01. The predicted octanol–water partition coefficient (Wildman–Crippen LogP) is 1.71. The lowest BCUT2D eigenvalue weighted by atomic mass is 10.0. The van der Waals surface area contributed by atoms with E-state index in [-0.39, 0.29) is 18.2 Å². The van der Waals surface area contributed by atoms with Crippen molar-refractivity contribution in [3.63, 3.8) is 0 Å². The van der Waals surface area contributed by atoms with Gasteiger partial charge in [-0.05, 0) is 23.8 Å². The van der Waals surface area contributed by atoms with Crippen LogP contribution >= 0.6 is 11.6 Å². The van der Waals surface area contributed by atoms with Crippen LogP contribution in [0, 0.1) is 11.7 Å². The second-order valence-corrected chi connectivity index (χ2v) is 5.01. The molecule has 7 heteroatoms. The van der Waals surface area contributed by atoms with Gasteiger partial charge < -0.3 is 15.2 Å². The average Bonchev–Trinajstić information content (AvgIpc) is 2.88. The van der Waals surface area contributed by atoms with Gasteiger partial charge in [-0.25, -0.2) is 4.39 Å². The number of carbonyl (C=O) groups is 2. The first-order valence-corrected chi connectivity index (χ1v) is 6.59. The molecule has 2 N–H and O–H groups in total. The maximum atomic E-state index is 13.0. The first-order chi connectivity index (χ1) is 9.97. The zero-order chi connectivity index (χ0) is 15.4. The molecule has 1 aliphatic heterocycles. The fraction of sp³-hybridized carbons (Fsp3) is 0.286. The van der Waals surface area contributed by atoms with Crippen LogP contribution in [0.2, 0.25) is 5.02 Å². The van der Waals surface area contributed by atoms with Crippen molar-refractivity contribution in [2.45, 2.75) is 6.04 Å². The monoisotopic (exact) mass is 313 g/mol. The van der Waals surface area contributed by atoms with Crippen LogP contribution in [0.15, 0.2) is 24.3 Å². The van der Waals surface area contributed by atoms with Crippen molar-refractivity contribution in [3.05, 3.63) is 40.7 Å². The van der Waals surface area contributed by atoms with Crippen LogP contribution in [-0.2, 0) is 14.3 Å². The third-order valence-electron chi connectivity index (χ3n) is 3.10. The summed E-state index contributed by atoms with van der Waals surface area (Å²) in [6.07, 6.45) is 2.70. The molecule has 1 aromatic rings. The predicted molar refractivity (Wildman–Crippen MR) is 74.3 cm³/mol. The number of carbonyl (C=O) groups excluding carboxylic acids is 1. The van der Waals surface area contributed by atoms with E-state index in [0.29, 0.717) is 5.56 Å². The van der Waals surface area contributed by atoms with Gasteiger partial charge in [0.25, 0.3) is 0 Å². The van der Waals surface area contributed by atoms with Crippen LogP contribution < -0.4 is 5.32 Å². The van der Waals surface area contributed by atoms with E-state index in [0.717, 1.165) is 0 Å². The number of halogens is 2. The standard InChI is InChI=1S/C14H13ClFNO4/c15-10-5-8(1-3-11(10)16)2-4-13(18)17-12-7-21-6-9(12)14(19)20/h1-5,9,12H,6-7H2,(H,17,18)(H,19,20). The van der Waals surface area contributed by atoms with Crippen molar-refractivity contribution in [2.75, 3.05) is 13.2 Å². The highest BCUT2D eigenvalue weighted by Gasteiger charge is 2.34. The molecule has 5 nitrogen and oxygen atoms in total. The average molecular weight is 314 g/mol. The number of rotatable bonds is 4. The molecule has 0 bridgehead atoms. The molecule has 0 aliphatic carbocycles. The molecule has 2 rings (SSSR count). The van der Waals surface area contributed by atoms with E-state index in [9.17, 15) is 14.0 Å². The Balaban J connectivity index is 1.96. The van der Waals surface area contributed by atoms with Gasteiger partial charge in [-0.1, -0.05) is 17.7 Å². The quantitative estimate of drug-likeness (QED) is 0.830. The molecule has 112 valence electrons. The summed E-state index contributed by atoms with van der Waals surface area (Å²) >= 11 is 5.63. The van der Waals surface area contributed by atoms with Gasteiger partial charge in [0.1, 0.15) is 11.7 Å². The Labute approximate surface area is 125 Å². The summed E-state index contributed by atoms with van der Waals surface area (Å²) in [4.78, 5) is 22.7. The van der Waals surface area contributed by atoms with Crippen LogP contribution in [0.25, 0.3) is 6.08 Å². The Morgan fingerprint density at radius 2 is 2.19 bits per heavy atom. The molecule has 0 aromatic heterocycles. The maximum Gasteiger partial charge on any atom is 0.311 e. The van der Waals surface area contributed by atoms with E-state index in [1.807, 2.05) is 0 Å². The molecule has 0 radical (unpaired) electrons. The summed E-state index contributed by atoms with van der Waals surface area (Å²) in [5.41, 5.74) is 0.564. The molecule has 1 heterocycles. The highest BCUT2D eigenvalue weighted by atomic mass is 35.5. The molecular weight excluding hydrogens is 301 g/mol. The Hall–Kier alpha value is -1.92. The highest BCUT2D eigenvalue weighted by Crippen LogP contribution is 2.17. The fourth-order valence-corrected chi connectivity index (χ4v) is 2.15. The molecule has 1 amide bonds. The molecule has 2 unspecified atom stereocenters. The van der Waals surface area contributed by atoms with E-state index < -0.39 is 29.7 Å². The lowest BCUT2D eigenvalue weighted by molar-refractivity contribution is -0.142. The summed E-state index contributed by atoms with van der Waals surface area (Å²) in [7, 11) is 0. The minimum Gasteiger partial charge on any atom is -0.481 e. The topological polar surface area (TPSA) is 75.6 Å². The number of ether oxygens (including phenoxy) is 1. The molecule has 21 heavy (non-hydrogen) atoms. The van der Waals surface area contributed by atoms with Gasteiger partial charge >= 0.3 is 5.97 Å². The van der Waals surface area contributed by atoms with Crippen molar-refractivity contribution >= 4 is 29.6 Å². The summed E-state index contributed by atoms with van der Waals surface area (Å²) in [6.45, 7) is 0.247. The number of aliphatic carboxylic acids is 1. The lowest BCUT2D eigenvalue weighted by Gasteiger charge is -2.14. The first kappa shape index (κ1) is 15.5. The summed E-state index contributed by atoms with van der Waals surface area (Å²) in [5, 5.41) is 11.5. The fourth-order valence-electron chi connectivity index (χ4n) is 1.96. The van der Waals surface area contributed by atoms with Crippen LogP contribution in [0.1, 0.15) is 5.56 Å². The van der Waals surface area contributed by atoms with Crippen LogP contribution in [-0.4, -0.2) is 36.2 Å². The number of benzene rings is 1. The normalized spacial score (nSPS) is 21.6. The molecule has 1 aliphatic rings. The SMILES string of the molecule is O=C(C=Cc1ccc(F)c(Cl)c1)NC1COCC1C(=O)O. The molecule has 1 fully saturated rings. The van der Waals surface area contributed by atoms with E-state index in [1.54, 1.807) is 0 Å². The molecule has 0 spiro atoms. The number of carboxylic acid groups (broad SMARTS) is 1. The minimum absolute atomic E-state index is 0.0345. The Morgan fingerprint density at radius 1 is 1.43 bits per heavy atom. The Morgan fingerprint density at radius 3 is 2.86 bits per heavy atom. The Kier molecular flexibility index (Phi) is 4.93. The zero-order valence-corrected chi connectivity index (χ0v) is 11.6. The van der Waals surface area contributed by atoms with E-state index in [2.05, 4.69) is 5.32 Å². The van der Waals surface area contributed by atoms with E-state index >= 15 is 0 Å². The number of nitrogens with one attached hydrogen (secondary N) is 1. The number of hydrogen-bond acceptors (Lipinski definition) is 3. The first-order valence-electron chi connectivity index (χ1n) is 6.21. The van der Waals surface area contributed by atoms with Gasteiger partial charge in [0, 0.05) is 6.08 Å². The van der Waals surface area contributed by atoms with Crippen LogP contribution in [0.5, 0.6) is 0 Å². The summed E-state index contributed by atoms with van der Waals surface area (Å²) in [6, 6.07) is 3.50. The third kappa shape index (κ3) is 4.03. The second-order valence-electron chi connectivity index (χ2n) is 4.60. The van der Waals surface area contributed by atoms with Gasteiger partial charge in [-0.3, -0.25) is 9.59 Å². The van der Waals surface area contributed by atoms with Gasteiger partial charge in [0.05, 0.1) is 24.3 Å². The second kappa shape index (κ2) is 6.69. The van der Waals surface area contributed by atoms with Crippen molar-refractivity contribution in [2.24, 2.45) is 5.92 Å². The molecule has 1 saturated heterocycles. The highest BCUT2D eigenvalue weighted by molar-refractivity contribution is 6.30. The smallest absolute Gasteiger partial charge is 0.311 e. The number of carboxylic acids is 1. The maximum absolute atomic E-state index is 13.0. The van der Waals surface area contributed by atoms with Crippen LogP contribution in [0.4, 0.5) is 4.39 Å². The third-order valence-corrected chi connectivity index (χ3v) is 3.39. The molecule has 0 saturated carbocycles. The lowest BCUT2D eigenvalue weighted by Crippen LogP contribution is -2.41. The van der Waals surface area contributed by atoms with Crippen molar-refractivity contribution in [1.29, 1.82) is 0 Å². The van der Waals surface area contributed by atoms with E-state index in [1.165, 1.54) is 30.4 Å². The van der Waals surface area contributed by atoms with E-state index in [4.69, 9.17) is 21.4 Å². The number of amides is 1.